The molecule has 10 heteroatoms. The van der Waals surface area contributed by atoms with Crippen LogP contribution in [0.3, 0.4) is 0 Å². The minimum Gasteiger partial charge on any atom is -0.507 e. The van der Waals surface area contributed by atoms with Crippen LogP contribution in [0.2, 0.25) is 0 Å². The highest BCUT2D eigenvalue weighted by Crippen LogP contribution is 2.46. The second-order valence-electron chi connectivity index (χ2n) is 8.57. The third-order valence-corrected chi connectivity index (χ3v) is 7.41. The Kier molecular flexibility index (Phi) is 7.12. The molecule has 1 amide bonds. The molecule has 0 unspecified atom stereocenters. The molecule has 0 bridgehead atoms. The Morgan fingerprint density at radius 2 is 1.64 bits per heavy atom. The summed E-state index contributed by atoms with van der Waals surface area (Å²) in [5.41, 5.74) is 1.49. The molecule has 0 spiro atoms. The van der Waals surface area contributed by atoms with Gasteiger partial charge in [0.2, 0.25) is 0 Å². The number of carbonyl (C=O) groups is 2. The highest BCUT2D eigenvalue weighted by atomic mass is 32.1. The lowest BCUT2D eigenvalue weighted by atomic mass is 9.95. The molecule has 4 aromatic rings. The van der Waals surface area contributed by atoms with Crippen molar-refractivity contribution in [3.8, 4) is 23.0 Å². The van der Waals surface area contributed by atoms with Crippen LogP contribution in [0, 0.1) is 0 Å². The molecule has 1 fully saturated rings. The Morgan fingerprint density at radius 1 is 0.923 bits per heavy atom. The normalized spacial score (nSPS) is 16.5. The van der Waals surface area contributed by atoms with Crippen molar-refractivity contribution in [3.63, 3.8) is 0 Å². The first-order valence-electron chi connectivity index (χ1n) is 12.1. The Labute approximate surface area is 228 Å². The summed E-state index contributed by atoms with van der Waals surface area (Å²) < 4.78 is 22.5. The van der Waals surface area contributed by atoms with E-state index in [-0.39, 0.29) is 11.3 Å². The number of aromatic nitrogens is 1. The zero-order valence-corrected chi connectivity index (χ0v) is 22.6. The van der Waals surface area contributed by atoms with E-state index in [2.05, 4.69) is 4.98 Å². The summed E-state index contributed by atoms with van der Waals surface area (Å²) in [6.45, 7) is 2.41. The van der Waals surface area contributed by atoms with E-state index >= 15 is 0 Å². The van der Waals surface area contributed by atoms with E-state index in [0.29, 0.717) is 51.4 Å². The van der Waals surface area contributed by atoms with Gasteiger partial charge >= 0.3 is 5.91 Å². The van der Waals surface area contributed by atoms with Gasteiger partial charge in [0, 0.05) is 5.56 Å². The SMILES string of the molecule is CCOc1ccc2nc(N3C(=O)C(=O)C(=C(O)c4ccc(OC)cc4)[C@@H]3c3ccc(OC)c(OC)c3)sc2c1. The van der Waals surface area contributed by atoms with Crippen LogP contribution in [0.1, 0.15) is 24.1 Å². The molecular formula is C29H26N2O7S. The van der Waals surface area contributed by atoms with E-state index in [1.54, 1.807) is 54.6 Å². The fourth-order valence-electron chi connectivity index (χ4n) is 4.52. The van der Waals surface area contributed by atoms with Crippen LogP contribution in [-0.4, -0.2) is 49.7 Å². The third-order valence-electron chi connectivity index (χ3n) is 6.40. The first-order chi connectivity index (χ1) is 18.9. The number of aliphatic hydroxyl groups is 1. The molecule has 39 heavy (non-hydrogen) atoms. The standard InChI is InChI=1S/C29H26N2O7S/c1-5-38-19-11-12-20-23(15-19)39-29(30-20)31-25(17-8-13-21(36-3)22(14-17)37-4)24(27(33)28(31)34)26(32)16-6-9-18(35-2)10-7-16/h6-15,25,32H,5H2,1-4H3/t25-/m0/s1. The zero-order valence-electron chi connectivity index (χ0n) is 21.8. The van der Waals surface area contributed by atoms with Crippen molar-refractivity contribution in [3.05, 3.63) is 77.4 Å². The number of amides is 1. The molecule has 5 rings (SSSR count). The van der Waals surface area contributed by atoms with Crippen molar-refractivity contribution in [2.24, 2.45) is 0 Å². The van der Waals surface area contributed by atoms with Gasteiger partial charge in [-0.05, 0) is 67.1 Å². The molecule has 2 heterocycles. The summed E-state index contributed by atoms with van der Waals surface area (Å²) in [4.78, 5) is 33.1. The number of benzene rings is 3. The maximum atomic E-state index is 13.6. The maximum absolute atomic E-state index is 13.6. The molecule has 1 aliphatic heterocycles. The monoisotopic (exact) mass is 546 g/mol. The minimum absolute atomic E-state index is 0.0633. The summed E-state index contributed by atoms with van der Waals surface area (Å²) in [5, 5.41) is 11.7. The molecule has 3 aromatic carbocycles. The number of anilines is 1. The number of carbonyl (C=O) groups excluding carboxylic acids is 2. The number of ether oxygens (including phenoxy) is 4. The van der Waals surface area contributed by atoms with Crippen molar-refractivity contribution in [2.45, 2.75) is 13.0 Å². The molecule has 1 aliphatic rings. The summed E-state index contributed by atoms with van der Waals surface area (Å²) in [6, 6.07) is 16.2. The predicted molar refractivity (Wildman–Crippen MR) is 148 cm³/mol. The summed E-state index contributed by atoms with van der Waals surface area (Å²) in [6.07, 6.45) is 0. The van der Waals surface area contributed by atoms with Crippen LogP contribution in [0.5, 0.6) is 23.0 Å². The van der Waals surface area contributed by atoms with E-state index in [1.165, 1.54) is 37.6 Å². The maximum Gasteiger partial charge on any atom is 0.301 e. The van der Waals surface area contributed by atoms with Gasteiger partial charge in [-0.15, -0.1) is 0 Å². The van der Waals surface area contributed by atoms with Crippen molar-refractivity contribution < 1.29 is 33.6 Å². The molecule has 200 valence electrons. The first-order valence-corrected chi connectivity index (χ1v) is 12.9. The topological polar surface area (TPSA) is 107 Å². The van der Waals surface area contributed by atoms with Gasteiger partial charge in [-0.3, -0.25) is 14.5 Å². The van der Waals surface area contributed by atoms with Gasteiger partial charge in [-0.25, -0.2) is 4.98 Å². The predicted octanol–water partition coefficient (Wildman–Crippen LogP) is 5.35. The van der Waals surface area contributed by atoms with Gasteiger partial charge in [0.15, 0.2) is 16.6 Å². The molecule has 1 N–H and O–H groups in total. The molecular weight excluding hydrogens is 520 g/mol. The fraction of sp³-hybridized carbons (Fsp3) is 0.207. The molecule has 0 saturated carbocycles. The number of methoxy groups -OCH3 is 3. The van der Waals surface area contributed by atoms with Gasteiger partial charge in [0.1, 0.15) is 17.3 Å². The number of rotatable bonds is 8. The molecule has 1 atom stereocenters. The minimum atomic E-state index is -0.973. The van der Waals surface area contributed by atoms with Crippen molar-refractivity contribution in [1.82, 2.24) is 4.98 Å². The van der Waals surface area contributed by atoms with Crippen LogP contribution in [0.15, 0.2) is 66.2 Å². The smallest absolute Gasteiger partial charge is 0.301 e. The summed E-state index contributed by atoms with van der Waals surface area (Å²) in [5.74, 6) is 0.236. The summed E-state index contributed by atoms with van der Waals surface area (Å²) >= 11 is 1.26. The third kappa shape index (κ3) is 4.63. The van der Waals surface area contributed by atoms with Gasteiger partial charge < -0.3 is 24.1 Å². The number of thiazole rings is 1. The van der Waals surface area contributed by atoms with Crippen molar-refractivity contribution >= 4 is 44.1 Å². The number of ketones is 1. The van der Waals surface area contributed by atoms with E-state index in [0.717, 1.165) is 4.70 Å². The zero-order chi connectivity index (χ0) is 27.7. The Hall–Kier alpha value is -4.57. The van der Waals surface area contributed by atoms with Gasteiger partial charge in [0.05, 0.1) is 49.8 Å². The van der Waals surface area contributed by atoms with Crippen LogP contribution >= 0.6 is 11.3 Å². The van der Waals surface area contributed by atoms with Crippen LogP contribution in [-0.2, 0) is 9.59 Å². The van der Waals surface area contributed by atoms with E-state index < -0.39 is 17.7 Å². The van der Waals surface area contributed by atoms with Crippen LogP contribution in [0.25, 0.3) is 16.0 Å². The highest BCUT2D eigenvalue weighted by Gasteiger charge is 2.48. The lowest BCUT2D eigenvalue weighted by Gasteiger charge is -2.23. The fourth-order valence-corrected chi connectivity index (χ4v) is 5.55. The van der Waals surface area contributed by atoms with E-state index in [9.17, 15) is 14.7 Å². The van der Waals surface area contributed by atoms with Gasteiger partial charge in [-0.1, -0.05) is 17.4 Å². The average Bonchev–Trinajstić information content (AvgIpc) is 3.50. The Bertz CT molecular complexity index is 1590. The molecule has 1 aromatic heterocycles. The first kappa shape index (κ1) is 26.1. The second-order valence-corrected chi connectivity index (χ2v) is 9.58. The lowest BCUT2D eigenvalue weighted by Crippen LogP contribution is -2.29. The summed E-state index contributed by atoms with van der Waals surface area (Å²) in [7, 11) is 4.55. The van der Waals surface area contributed by atoms with Crippen molar-refractivity contribution in [1.29, 1.82) is 0 Å². The van der Waals surface area contributed by atoms with E-state index in [4.69, 9.17) is 18.9 Å². The largest absolute Gasteiger partial charge is 0.507 e. The number of aliphatic hydroxyl groups excluding tert-OH is 1. The van der Waals surface area contributed by atoms with E-state index in [1.807, 2.05) is 13.0 Å². The molecule has 1 saturated heterocycles. The van der Waals surface area contributed by atoms with Gasteiger partial charge in [0.25, 0.3) is 5.78 Å². The Morgan fingerprint density at radius 3 is 2.31 bits per heavy atom. The number of hydrogen-bond donors (Lipinski definition) is 1. The van der Waals surface area contributed by atoms with Crippen LogP contribution in [0.4, 0.5) is 5.13 Å². The number of nitrogens with zero attached hydrogens (tertiary/aromatic N) is 2. The van der Waals surface area contributed by atoms with Crippen molar-refractivity contribution in [2.75, 3.05) is 32.8 Å². The van der Waals surface area contributed by atoms with Crippen LogP contribution < -0.4 is 23.8 Å². The number of hydrogen-bond acceptors (Lipinski definition) is 9. The molecule has 0 aliphatic carbocycles. The lowest BCUT2D eigenvalue weighted by molar-refractivity contribution is -0.132. The second kappa shape index (κ2) is 10.7. The molecule has 9 nitrogen and oxygen atoms in total. The quantitative estimate of drug-likeness (QED) is 0.179. The number of fused-ring (bicyclic) bond motifs is 1. The highest BCUT2D eigenvalue weighted by molar-refractivity contribution is 7.22. The Balaban J connectivity index is 1.70. The number of Topliss-reactive ketones (excluding diaryl/α,β-unsaturated/α-hetero) is 1. The van der Waals surface area contributed by atoms with Gasteiger partial charge in [-0.2, -0.15) is 0 Å². The molecule has 0 radical (unpaired) electrons. The average molecular weight is 547 g/mol.